The summed E-state index contributed by atoms with van der Waals surface area (Å²) in [5, 5.41) is 7.62. The topological polar surface area (TPSA) is 103 Å². The van der Waals surface area contributed by atoms with E-state index in [4.69, 9.17) is 10.2 Å². The van der Waals surface area contributed by atoms with Crippen LogP contribution in [0.3, 0.4) is 0 Å². The van der Waals surface area contributed by atoms with Gasteiger partial charge in [-0.15, -0.1) is 0 Å². The number of amides is 2. The van der Waals surface area contributed by atoms with Crippen molar-refractivity contribution in [2.45, 2.75) is 12.3 Å². The third kappa shape index (κ3) is 2.34. The van der Waals surface area contributed by atoms with E-state index in [-0.39, 0.29) is 23.5 Å². The number of nitrogens with one attached hydrogen (secondary N) is 1. The van der Waals surface area contributed by atoms with Crippen molar-refractivity contribution in [3.05, 3.63) is 48.0 Å². The molecule has 7 heteroatoms. The number of aryl methyl sites for hydroxylation is 1. The molecule has 2 atom stereocenters. The summed E-state index contributed by atoms with van der Waals surface area (Å²) < 4.78 is 7.19. The van der Waals surface area contributed by atoms with Crippen LogP contribution in [0, 0.1) is 5.92 Å². The molecule has 7 nitrogen and oxygen atoms in total. The van der Waals surface area contributed by atoms with Crippen LogP contribution in [0.15, 0.2) is 41.1 Å². The number of primary amides is 1. The van der Waals surface area contributed by atoms with Crippen molar-refractivity contribution >= 4 is 28.5 Å². The van der Waals surface area contributed by atoms with Gasteiger partial charge in [-0.2, -0.15) is 5.10 Å². The fourth-order valence-corrected chi connectivity index (χ4v) is 3.04. The summed E-state index contributed by atoms with van der Waals surface area (Å²) in [6.45, 7) is 0. The zero-order valence-corrected chi connectivity index (χ0v) is 13.0. The molecule has 2 amide bonds. The number of carbonyl (C=O) groups excluding carboxylic acids is 2. The van der Waals surface area contributed by atoms with Crippen molar-refractivity contribution in [3.8, 4) is 0 Å². The fraction of sp³-hybridized carbons (Fsp3) is 0.235. The van der Waals surface area contributed by atoms with Crippen LogP contribution in [-0.2, 0) is 11.8 Å². The van der Waals surface area contributed by atoms with Gasteiger partial charge in [-0.1, -0.05) is 12.1 Å². The number of hydrogen-bond acceptors (Lipinski definition) is 4. The lowest BCUT2D eigenvalue weighted by Gasteiger charge is -2.04. The molecule has 0 bridgehead atoms. The lowest BCUT2D eigenvalue weighted by atomic mass is 10.1. The molecule has 1 aliphatic carbocycles. The van der Waals surface area contributed by atoms with Gasteiger partial charge >= 0.3 is 0 Å². The van der Waals surface area contributed by atoms with Crippen LogP contribution < -0.4 is 11.1 Å². The molecule has 4 rings (SSSR count). The zero-order valence-electron chi connectivity index (χ0n) is 13.0. The highest BCUT2D eigenvalue weighted by atomic mass is 16.3. The van der Waals surface area contributed by atoms with E-state index in [0.717, 1.165) is 12.0 Å². The van der Waals surface area contributed by atoms with Crippen LogP contribution in [0.25, 0.3) is 11.0 Å². The highest BCUT2D eigenvalue weighted by molar-refractivity contribution is 6.11. The predicted molar refractivity (Wildman–Crippen MR) is 87.4 cm³/mol. The minimum Gasteiger partial charge on any atom is -0.449 e. The number of nitrogens with two attached hydrogens (primary N) is 1. The van der Waals surface area contributed by atoms with Crippen LogP contribution in [0.5, 0.6) is 0 Å². The molecule has 2 aromatic heterocycles. The van der Waals surface area contributed by atoms with Crippen molar-refractivity contribution in [1.29, 1.82) is 0 Å². The molecule has 122 valence electrons. The summed E-state index contributed by atoms with van der Waals surface area (Å²) in [5.74, 6) is -0.848. The van der Waals surface area contributed by atoms with E-state index in [9.17, 15) is 9.59 Å². The predicted octanol–water partition coefficient (Wildman–Crippen LogP) is 2.01. The van der Waals surface area contributed by atoms with Gasteiger partial charge in [-0.3, -0.25) is 14.3 Å². The first-order valence-electron chi connectivity index (χ1n) is 7.65. The van der Waals surface area contributed by atoms with Crippen LogP contribution in [0.4, 0.5) is 5.69 Å². The van der Waals surface area contributed by atoms with Gasteiger partial charge in [0, 0.05) is 24.5 Å². The number of fused-ring (bicyclic) bond motifs is 1. The SMILES string of the molecule is Cn1cc([C@H]2C[C@@H]2C(=O)Nc2c(C(N)=O)oc3ccccc23)cn1. The number of rotatable bonds is 4. The van der Waals surface area contributed by atoms with Crippen LogP contribution >= 0.6 is 0 Å². The molecular weight excluding hydrogens is 308 g/mol. The Morgan fingerprint density at radius 1 is 1.38 bits per heavy atom. The van der Waals surface area contributed by atoms with E-state index >= 15 is 0 Å². The van der Waals surface area contributed by atoms with E-state index in [1.54, 1.807) is 29.1 Å². The van der Waals surface area contributed by atoms with E-state index in [1.807, 2.05) is 19.3 Å². The molecule has 1 fully saturated rings. The summed E-state index contributed by atoms with van der Waals surface area (Å²) in [6.07, 6.45) is 4.46. The molecular formula is C17H16N4O3. The standard InChI is InChI=1S/C17H16N4O3/c1-21-8-9(7-19-21)11-6-12(11)17(23)20-14-10-4-2-3-5-13(10)24-15(14)16(18)22/h2-5,7-8,11-12H,6H2,1H3,(H2,18,22)(H,20,23)/t11-,12+/m1/s1. The maximum Gasteiger partial charge on any atom is 0.286 e. The first-order chi connectivity index (χ1) is 11.5. The molecule has 0 spiro atoms. The molecule has 1 aliphatic rings. The van der Waals surface area contributed by atoms with Gasteiger partial charge in [0.05, 0.1) is 6.20 Å². The summed E-state index contributed by atoms with van der Waals surface area (Å²) >= 11 is 0. The second-order valence-electron chi connectivity index (χ2n) is 6.05. The van der Waals surface area contributed by atoms with E-state index in [0.29, 0.717) is 16.7 Å². The molecule has 0 saturated heterocycles. The van der Waals surface area contributed by atoms with Gasteiger partial charge in [0.15, 0.2) is 0 Å². The number of para-hydroxylation sites is 1. The number of anilines is 1. The summed E-state index contributed by atoms with van der Waals surface area (Å²) in [5.41, 5.74) is 7.28. The van der Waals surface area contributed by atoms with Gasteiger partial charge in [-0.25, -0.2) is 0 Å². The Hall–Kier alpha value is -3.09. The van der Waals surface area contributed by atoms with E-state index in [2.05, 4.69) is 10.4 Å². The van der Waals surface area contributed by atoms with Gasteiger partial charge in [0.1, 0.15) is 11.3 Å². The molecule has 2 heterocycles. The quantitative estimate of drug-likeness (QED) is 0.766. The Morgan fingerprint density at radius 3 is 2.88 bits per heavy atom. The fourth-order valence-electron chi connectivity index (χ4n) is 3.04. The highest BCUT2D eigenvalue weighted by Crippen LogP contribution is 2.48. The largest absolute Gasteiger partial charge is 0.449 e. The monoisotopic (exact) mass is 324 g/mol. The van der Waals surface area contributed by atoms with Crippen molar-refractivity contribution in [1.82, 2.24) is 9.78 Å². The minimum absolute atomic E-state index is 0.0249. The number of aromatic nitrogens is 2. The molecule has 3 aromatic rings. The van der Waals surface area contributed by atoms with Crippen LogP contribution in [0.1, 0.15) is 28.5 Å². The summed E-state index contributed by atoms with van der Waals surface area (Å²) in [6, 6.07) is 7.12. The van der Waals surface area contributed by atoms with Gasteiger partial charge in [0.25, 0.3) is 5.91 Å². The smallest absolute Gasteiger partial charge is 0.286 e. The third-order valence-electron chi connectivity index (χ3n) is 4.35. The number of benzene rings is 1. The summed E-state index contributed by atoms with van der Waals surface area (Å²) in [4.78, 5) is 24.2. The second-order valence-corrected chi connectivity index (χ2v) is 6.05. The van der Waals surface area contributed by atoms with Crippen molar-refractivity contribution in [2.75, 3.05) is 5.32 Å². The van der Waals surface area contributed by atoms with E-state index in [1.165, 1.54) is 0 Å². The number of furan rings is 1. The minimum atomic E-state index is -0.707. The Morgan fingerprint density at radius 2 is 2.17 bits per heavy atom. The van der Waals surface area contributed by atoms with Crippen molar-refractivity contribution in [3.63, 3.8) is 0 Å². The van der Waals surface area contributed by atoms with Crippen molar-refractivity contribution in [2.24, 2.45) is 18.7 Å². The lowest BCUT2D eigenvalue weighted by molar-refractivity contribution is -0.117. The number of nitrogens with zero attached hydrogens (tertiary/aromatic N) is 2. The molecule has 0 unspecified atom stereocenters. The maximum absolute atomic E-state index is 12.5. The number of hydrogen-bond donors (Lipinski definition) is 2. The first kappa shape index (κ1) is 14.5. The Labute approximate surface area is 137 Å². The zero-order chi connectivity index (χ0) is 16.8. The average Bonchev–Trinajstić information content (AvgIpc) is 3.12. The summed E-state index contributed by atoms with van der Waals surface area (Å²) in [7, 11) is 1.84. The normalized spacial score (nSPS) is 19.4. The van der Waals surface area contributed by atoms with Gasteiger partial charge in [-0.05, 0) is 30.0 Å². The first-order valence-corrected chi connectivity index (χ1v) is 7.65. The molecule has 3 N–H and O–H groups in total. The lowest BCUT2D eigenvalue weighted by Crippen LogP contribution is -2.18. The average molecular weight is 324 g/mol. The highest BCUT2D eigenvalue weighted by Gasteiger charge is 2.45. The van der Waals surface area contributed by atoms with Crippen LogP contribution in [0.2, 0.25) is 0 Å². The molecule has 1 aromatic carbocycles. The molecule has 1 saturated carbocycles. The Kier molecular flexibility index (Phi) is 3.16. The molecule has 0 radical (unpaired) electrons. The Bertz CT molecular complexity index is 956. The van der Waals surface area contributed by atoms with Crippen LogP contribution in [-0.4, -0.2) is 21.6 Å². The number of carbonyl (C=O) groups is 2. The Balaban J connectivity index is 1.59. The third-order valence-corrected chi connectivity index (χ3v) is 4.35. The second kappa shape index (κ2) is 5.23. The van der Waals surface area contributed by atoms with Crippen molar-refractivity contribution < 1.29 is 14.0 Å². The van der Waals surface area contributed by atoms with E-state index < -0.39 is 5.91 Å². The molecule has 0 aliphatic heterocycles. The maximum atomic E-state index is 12.5. The molecule has 24 heavy (non-hydrogen) atoms. The van der Waals surface area contributed by atoms with Gasteiger partial charge in [0.2, 0.25) is 11.7 Å². The van der Waals surface area contributed by atoms with Gasteiger partial charge < -0.3 is 15.5 Å².